The van der Waals surface area contributed by atoms with Gasteiger partial charge in [0.2, 0.25) is 0 Å². The minimum atomic E-state index is -0.547. The molecule has 0 radical (unpaired) electrons. The molecule has 0 fully saturated rings. The van der Waals surface area contributed by atoms with E-state index in [1.165, 1.54) is 0 Å². The number of halogens is 1. The van der Waals surface area contributed by atoms with Gasteiger partial charge in [-0.15, -0.1) is 11.6 Å². The molecule has 4 nitrogen and oxygen atoms in total. The topological polar surface area (TPSA) is 53.3 Å². The monoisotopic (exact) mass is 342 g/mol. The number of benzene rings is 2. The quantitative estimate of drug-likeness (QED) is 0.700. The summed E-state index contributed by atoms with van der Waals surface area (Å²) in [6.45, 7) is 6.06. The van der Waals surface area contributed by atoms with E-state index in [0.717, 1.165) is 22.0 Å². The van der Waals surface area contributed by atoms with Crippen LogP contribution in [0.2, 0.25) is 0 Å². The summed E-state index contributed by atoms with van der Waals surface area (Å²) in [5.41, 5.74) is 1.96. The van der Waals surface area contributed by atoms with Crippen molar-refractivity contribution in [1.82, 2.24) is 0 Å². The first kappa shape index (κ1) is 16.6. The Balaban J connectivity index is 2.09. The van der Waals surface area contributed by atoms with E-state index in [0.29, 0.717) is 18.0 Å². The Bertz CT molecular complexity index is 849. The summed E-state index contributed by atoms with van der Waals surface area (Å²) in [7, 11) is 0. The summed E-state index contributed by atoms with van der Waals surface area (Å²) in [5.74, 6) is 0.469. The zero-order valence-electron chi connectivity index (χ0n) is 14.0. The molecule has 1 atom stereocenters. The van der Waals surface area contributed by atoms with Gasteiger partial charge in [0.05, 0.1) is 17.3 Å². The summed E-state index contributed by atoms with van der Waals surface area (Å²) in [6.07, 6.45) is -0.357. The Hall–Kier alpha value is -2.25. The van der Waals surface area contributed by atoms with Crippen molar-refractivity contribution in [2.24, 2.45) is 0 Å². The van der Waals surface area contributed by atoms with E-state index >= 15 is 0 Å². The molecule has 5 heteroatoms. The van der Waals surface area contributed by atoms with E-state index in [4.69, 9.17) is 21.6 Å². The molecule has 24 heavy (non-hydrogen) atoms. The van der Waals surface area contributed by atoms with Gasteiger partial charge in [-0.05, 0) is 55.3 Å². The summed E-state index contributed by atoms with van der Waals surface area (Å²) in [6, 6.07) is 11.6. The smallest absolute Gasteiger partial charge is 0.414 e. The normalized spacial score (nSPS) is 16.8. The van der Waals surface area contributed by atoms with Crippen molar-refractivity contribution in [3.63, 3.8) is 0 Å². The minimum Gasteiger partial charge on any atom is -0.443 e. The average molecular weight is 343 g/mol. The van der Waals surface area contributed by atoms with Gasteiger partial charge in [0, 0.05) is 18.3 Å². The zero-order chi connectivity index (χ0) is 17.5. The molecule has 1 heterocycles. The van der Waals surface area contributed by atoms with Gasteiger partial charge >= 0.3 is 6.09 Å². The van der Waals surface area contributed by atoms with Crippen LogP contribution in [0.4, 0.5) is 10.5 Å². The molecule has 1 aliphatic rings. The van der Waals surface area contributed by atoms with Crippen molar-refractivity contribution >= 4 is 34.2 Å². The standard InChI is InChI=1S/C19H19ClN2O2/c1-19(2,3)24-18(23)22-11-14(9-20)17-15-6-4-12(10-21)8-13(15)5-7-16(17)22/h4-8,14H,9,11H2,1-3H3. The minimum absolute atomic E-state index is 0.0471. The molecule has 1 amide bonds. The Morgan fingerprint density at radius 2 is 2.12 bits per heavy atom. The van der Waals surface area contributed by atoms with Crippen LogP contribution >= 0.6 is 11.6 Å². The number of alkyl halides is 1. The second kappa shape index (κ2) is 5.99. The maximum absolute atomic E-state index is 12.5. The van der Waals surface area contributed by atoms with E-state index in [-0.39, 0.29) is 12.0 Å². The van der Waals surface area contributed by atoms with Crippen LogP contribution in [0, 0.1) is 11.3 Å². The third-order valence-corrected chi connectivity index (χ3v) is 4.44. The number of hydrogen-bond donors (Lipinski definition) is 0. The molecule has 1 aliphatic heterocycles. The van der Waals surface area contributed by atoms with Crippen LogP contribution in [0.1, 0.15) is 37.8 Å². The van der Waals surface area contributed by atoms with Crippen LogP contribution in [0.25, 0.3) is 10.8 Å². The average Bonchev–Trinajstić information content (AvgIpc) is 2.91. The largest absolute Gasteiger partial charge is 0.443 e. The van der Waals surface area contributed by atoms with Gasteiger partial charge in [0.1, 0.15) is 5.60 Å². The zero-order valence-corrected chi connectivity index (χ0v) is 14.7. The van der Waals surface area contributed by atoms with Crippen molar-refractivity contribution in [3.05, 3.63) is 41.5 Å². The maximum atomic E-state index is 12.5. The first-order valence-electron chi connectivity index (χ1n) is 7.87. The van der Waals surface area contributed by atoms with Crippen molar-refractivity contribution in [1.29, 1.82) is 5.26 Å². The number of nitriles is 1. The molecule has 0 spiro atoms. The van der Waals surface area contributed by atoms with Gasteiger partial charge < -0.3 is 4.74 Å². The van der Waals surface area contributed by atoms with Crippen molar-refractivity contribution in [3.8, 4) is 6.07 Å². The highest BCUT2D eigenvalue weighted by Gasteiger charge is 2.35. The third-order valence-electron chi connectivity index (χ3n) is 4.07. The first-order chi connectivity index (χ1) is 11.3. The van der Waals surface area contributed by atoms with E-state index in [2.05, 4.69) is 6.07 Å². The number of nitrogens with zero attached hydrogens (tertiary/aromatic N) is 2. The predicted molar refractivity (Wildman–Crippen MR) is 95.7 cm³/mol. The number of anilines is 1. The predicted octanol–water partition coefficient (Wildman–Crippen LogP) is 4.79. The van der Waals surface area contributed by atoms with Crippen LogP contribution in [0.15, 0.2) is 30.3 Å². The van der Waals surface area contributed by atoms with Crippen LogP contribution in [0.5, 0.6) is 0 Å². The lowest BCUT2D eigenvalue weighted by Crippen LogP contribution is -2.36. The summed E-state index contributed by atoms with van der Waals surface area (Å²) < 4.78 is 5.52. The van der Waals surface area contributed by atoms with Gasteiger partial charge in [-0.3, -0.25) is 4.90 Å². The number of carbonyl (C=O) groups excluding carboxylic acids is 1. The fourth-order valence-corrected chi connectivity index (χ4v) is 3.35. The SMILES string of the molecule is CC(C)(C)OC(=O)N1CC(CCl)c2c1ccc1cc(C#N)ccc21. The van der Waals surface area contributed by atoms with Crippen LogP contribution in [-0.4, -0.2) is 24.1 Å². The number of ether oxygens (including phenoxy) is 1. The maximum Gasteiger partial charge on any atom is 0.414 e. The highest BCUT2D eigenvalue weighted by atomic mass is 35.5. The van der Waals surface area contributed by atoms with E-state index < -0.39 is 5.60 Å². The Kier molecular flexibility index (Phi) is 4.15. The fraction of sp³-hybridized carbons (Fsp3) is 0.368. The fourth-order valence-electron chi connectivity index (χ4n) is 3.10. The number of amides is 1. The van der Waals surface area contributed by atoms with E-state index in [1.807, 2.05) is 45.0 Å². The number of rotatable bonds is 1. The van der Waals surface area contributed by atoms with Crippen LogP contribution in [0.3, 0.4) is 0 Å². The molecule has 3 rings (SSSR count). The molecule has 2 aromatic carbocycles. The van der Waals surface area contributed by atoms with Crippen LogP contribution < -0.4 is 4.90 Å². The van der Waals surface area contributed by atoms with Crippen molar-refractivity contribution in [2.75, 3.05) is 17.3 Å². The summed E-state index contributed by atoms with van der Waals surface area (Å²) in [4.78, 5) is 14.2. The molecule has 0 N–H and O–H groups in total. The summed E-state index contributed by atoms with van der Waals surface area (Å²) in [5, 5.41) is 11.1. The molecule has 1 unspecified atom stereocenters. The van der Waals surface area contributed by atoms with Crippen LogP contribution in [-0.2, 0) is 4.74 Å². The molecule has 0 saturated carbocycles. The molecule has 124 valence electrons. The molecular weight excluding hydrogens is 324 g/mol. The third kappa shape index (κ3) is 2.92. The van der Waals surface area contributed by atoms with Gasteiger partial charge in [-0.25, -0.2) is 4.79 Å². The van der Waals surface area contributed by atoms with E-state index in [9.17, 15) is 4.79 Å². The second-order valence-corrected chi connectivity index (χ2v) is 7.30. The first-order valence-corrected chi connectivity index (χ1v) is 8.41. The highest BCUT2D eigenvalue weighted by Crippen LogP contribution is 2.42. The molecular formula is C19H19ClN2O2. The van der Waals surface area contributed by atoms with Gasteiger partial charge in [-0.1, -0.05) is 12.1 Å². The number of fused-ring (bicyclic) bond motifs is 3. The number of hydrogen-bond acceptors (Lipinski definition) is 3. The molecule has 0 aromatic heterocycles. The Morgan fingerprint density at radius 3 is 2.75 bits per heavy atom. The molecule has 0 bridgehead atoms. The van der Waals surface area contributed by atoms with Gasteiger partial charge in [-0.2, -0.15) is 5.26 Å². The Morgan fingerprint density at radius 1 is 1.38 bits per heavy atom. The second-order valence-electron chi connectivity index (χ2n) is 6.99. The van der Waals surface area contributed by atoms with Gasteiger partial charge in [0.25, 0.3) is 0 Å². The van der Waals surface area contributed by atoms with Crippen molar-refractivity contribution < 1.29 is 9.53 Å². The summed E-state index contributed by atoms with van der Waals surface area (Å²) >= 11 is 6.17. The number of carbonyl (C=O) groups is 1. The lowest BCUT2D eigenvalue weighted by atomic mass is 9.95. The molecule has 0 aliphatic carbocycles. The molecule has 2 aromatic rings. The lowest BCUT2D eigenvalue weighted by molar-refractivity contribution is 0.0582. The Labute approximate surface area is 146 Å². The van der Waals surface area contributed by atoms with Gasteiger partial charge in [0.15, 0.2) is 0 Å². The van der Waals surface area contributed by atoms with E-state index in [1.54, 1.807) is 11.0 Å². The lowest BCUT2D eigenvalue weighted by Gasteiger charge is -2.25. The molecule has 0 saturated heterocycles. The van der Waals surface area contributed by atoms with Crippen molar-refractivity contribution in [2.45, 2.75) is 32.3 Å². The highest BCUT2D eigenvalue weighted by molar-refractivity contribution is 6.19.